The lowest BCUT2D eigenvalue weighted by Crippen LogP contribution is -2.10. The molecule has 140 valence electrons. The van der Waals surface area contributed by atoms with E-state index in [9.17, 15) is 4.79 Å². The smallest absolute Gasteiger partial charge is 0.227 e. The summed E-state index contributed by atoms with van der Waals surface area (Å²) in [4.78, 5) is 25.0. The number of nitrogens with zero attached hydrogens (tertiary/aromatic N) is 3. The SMILES string of the molecule is CC(=O)Nc1ccc(Nc2ncc3c(n2)-c2ccc(Cl)cc2NC(=S)C3)cn1. The number of nitrogens with one attached hydrogen (secondary N) is 3. The van der Waals surface area contributed by atoms with Gasteiger partial charge >= 0.3 is 0 Å². The highest BCUT2D eigenvalue weighted by atomic mass is 35.5. The predicted molar refractivity (Wildman–Crippen MR) is 114 cm³/mol. The van der Waals surface area contributed by atoms with Crippen LogP contribution in [-0.4, -0.2) is 25.8 Å². The summed E-state index contributed by atoms with van der Waals surface area (Å²) in [6.45, 7) is 1.43. The molecule has 0 fully saturated rings. The van der Waals surface area contributed by atoms with Crippen molar-refractivity contribution < 1.29 is 4.79 Å². The van der Waals surface area contributed by atoms with Crippen molar-refractivity contribution in [2.75, 3.05) is 16.0 Å². The highest BCUT2D eigenvalue weighted by Gasteiger charge is 2.19. The molecule has 0 aliphatic carbocycles. The quantitative estimate of drug-likeness (QED) is 0.557. The summed E-state index contributed by atoms with van der Waals surface area (Å²) < 4.78 is 0. The zero-order chi connectivity index (χ0) is 19.7. The van der Waals surface area contributed by atoms with E-state index in [1.807, 2.05) is 18.2 Å². The maximum Gasteiger partial charge on any atom is 0.227 e. The van der Waals surface area contributed by atoms with Gasteiger partial charge in [-0.2, -0.15) is 0 Å². The Bertz CT molecular complexity index is 1090. The molecule has 0 radical (unpaired) electrons. The first-order valence-corrected chi connectivity index (χ1v) is 9.23. The molecule has 3 N–H and O–H groups in total. The van der Waals surface area contributed by atoms with Crippen molar-refractivity contribution in [3.63, 3.8) is 0 Å². The van der Waals surface area contributed by atoms with Gasteiger partial charge in [0.25, 0.3) is 0 Å². The molecule has 7 nitrogen and oxygen atoms in total. The van der Waals surface area contributed by atoms with Crippen molar-refractivity contribution in [2.45, 2.75) is 13.3 Å². The first-order valence-electron chi connectivity index (χ1n) is 8.44. The summed E-state index contributed by atoms with van der Waals surface area (Å²) in [6.07, 6.45) is 3.91. The Morgan fingerprint density at radius 1 is 1.21 bits per heavy atom. The van der Waals surface area contributed by atoms with Gasteiger partial charge in [-0.15, -0.1) is 0 Å². The molecule has 28 heavy (non-hydrogen) atoms. The molecule has 1 aliphatic heterocycles. The molecule has 4 rings (SSSR count). The summed E-state index contributed by atoms with van der Waals surface area (Å²) in [5.74, 6) is 0.737. The topological polar surface area (TPSA) is 91.8 Å². The van der Waals surface area contributed by atoms with Crippen LogP contribution in [0.2, 0.25) is 5.02 Å². The molecule has 0 unspecified atom stereocenters. The number of carbonyl (C=O) groups is 1. The highest BCUT2D eigenvalue weighted by Crippen LogP contribution is 2.35. The Morgan fingerprint density at radius 3 is 2.82 bits per heavy atom. The van der Waals surface area contributed by atoms with Gasteiger partial charge in [-0.25, -0.2) is 15.0 Å². The standard InChI is InChI=1S/C19H15ClN6OS/c1-10(27)23-16-5-3-13(9-21-16)24-19-22-8-11-6-17(28)25-15-7-12(20)2-4-14(15)18(11)26-19/h2-5,7-9H,6H2,1H3,(H,25,28)(H,21,23,27)(H,22,24,26). The second-order valence-corrected chi connectivity index (χ2v) is 7.15. The molecule has 1 amide bonds. The molecular weight excluding hydrogens is 396 g/mol. The Balaban J connectivity index is 1.66. The third-order valence-electron chi connectivity index (χ3n) is 4.05. The van der Waals surface area contributed by atoms with Crippen LogP contribution in [0.5, 0.6) is 0 Å². The zero-order valence-electron chi connectivity index (χ0n) is 14.8. The lowest BCUT2D eigenvalue weighted by molar-refractivity contribution is -0.114. The molecule has 0 bridgehead atoms. The van der Waals surface area contributed by atoms with Crippen LogP contribution in [0.3, 0.4) is 0 Å². The first kappa shape index (κ1) is 18.3. The van der Waals surface area contributed by atoms with Gasteiger partial charge in [-0.1, -0.05) is 23.8 Å². The Hall–Kier alpha value is -3.10. The van der Waals surface area contributed by atoms with Crippen LogP contribution in [0.15, 0.2) is 42.7 Å². The van der Waals surface area contributed by atoms with Crippen molar-refractivity contribution in [1.82, 2.24) is 15.0 Å². The summed E-state index contributed by atoms with van der Waals surface area (Å²) in [5, 5.41) is 9.59. The fourth-order valence-electron chi connectivity index (χ4n) is 2.87. The number of anilines is 4. The number of hydrogen-bond acceptors (Lipinski definition) is 6. The summed E-state index contributed by atoms with van der Waals surface area (Å²) in [7, 11) is 0. The lowest BCUT2D eigenvalue weighted by Gasteiger charge is -2.11. The molecule has 0 saturated heterocycles. The molecular formula is C19H15ClN6OS. The van der Waals surface area contributed by atoms with E-state index in [0.29, 0.717) is 33.9 Å². The zero-order valence-corrected chi connectivity index (χ0v) is 16.4. The number of hydrogen-bond donors (Lipinski definition) is 3. The molecule has 0 atom stereocenters. The molecule has 1 aliphatic rings. The number of halogens is 1. The minimum atomic E-state index is -0.174. The second kappa shape index (κ2) is 7.49. The van der Waals surface area contributed by atoms with Crippen LogP contribution in [0.1, 0.15) is 12.5 Å². The number of aromatic nitrogens is 3. The van der Waals surface area contributed by atoms with Crippen molar-refractivity contribution >= 4 is 57.9 Å². The molecule has 3 aromatic rings. The van der Waals surface area contributed by atoms with Gasteiger partial charge in [0.2, 0.25) is 11.9 Å². The summed E-state index contributed by atoms with van der Waals surface area (Å²) in [5.41, 5.74) is 4.15. The predicted octanol–water partition coefficient (Wildman–Crippen LogP) is 4.19. The van der Waals surface area contributed by atoms with E-state index in [1.54, 1.807) is 24.5 Å². The van der Waals surface area contributed by atoms with Crippen LogP contribution in [0.25, 0.3) is 11.3 Å². The van der Waals surface area contributed by atoms with E-state index >= 15 is 0 Å². The fraction of sp³-hybridized carbons (Fsp3) is 0.105. The number of benzene rings is 1. The third kappa shape index (κ3) is 3.92. The maximum absolute atomic E-state index is 11.1. The molecule has 3 heterocycles. The van der Waals surface area contributed by atoms with Crippen LogP contribution in [-0.2, 0) is 11.2 Å². The average Bonchev–Trinajstić information content (AvgIpc) is 2.77. The van der Waals surface area contributed by atoms with Crippen LogP contribution >= 0.6 is 23.8 Å². The Labute approximate surface area is 171 Å². The third-order valence-corrected chi connectivity index (χ3v) is 4.53. The number of thiocarbonyl (C=S) groups is 1. The number of carbonyl (C=O) groups excluding carboxylic acids is 1. The van der Waals surface area contributed by atoms with E-state index in [-0.39, 0.29) is 5.91 Å². The largest absolute Gasteiger partial charge is 0.349 e. The number of rotatable bonds is 3. The van der Waals surface area contributed by atoms with E-state index in [2.05, 4.69) is 30.9 Å². The molecule has 0 saturated carbocycles. The Kier molecular flexibility index (Phi) is 4.89. The van der Waals surface area contributed by atoms with Gasteiger partial charge < -0.3 is 16.0 Å². The van der Waals surface area contributed by atoms with E-state index in [1.165, 1.54) is 6.92 Å². The first-order chi connectivity index (χ1) is 13.5. The fourth-order valence-corrected chi connectivity index (χ4v) is 3.31. The average molecular weight is 411 g/mol. The number of fused-ring (bicyclic) bond motifs is 3. The van der Waals surface area contributed by atoms with Gasteiger partial charge in [0.1, 0.15) is 5.82 Å². The number of pyridine rings is 1. The van der Waals surface area contributed by atoms with Crippen LogP contribution < -0.4 is 16.0 Å². The number of amides is 1. The molecule has 9 heteroatoms. The lowest BCUT2D eigenvalue weighted by atomic mass is 10.1. The van der Waals surface area contributed by atoms with Gasteiger partial charge in [0.15, 0.2) is 0 Å². The molecule has 1 aromatic carbocycles. The van der Waals surface area contributed by atoms with Crippen molar-refractivity contribution in [3.05, 3.63) is 53.3 Å². The van der Waals surface area contributed by atoms with Crippen molar-refractivity contribution in [1.29, 1.82) is 0 Å². The van der Waals surface area contributed by atoms with E-state index in [0.717, 1.165) is 22.5 Å². The van der Waals surface area contributed by atoms with E-state index < -0.39 is 0 Å². The monoisotopic (exact) mass is 410 g/mol. The van der Waals surface area contributed by atoms with E-state index in [4.69, 9.17) is 23.8 Å². The van der Waals surface area contributed by atoms with Gasteiger partial charge in [-0.3, -0.25) is 4.79 Å². The molecule has 2 aromatic heterocycles. The minimum absolute atomic E-state index is 0.174. The van der Waals surface area contributed by atoms with Gasteiger partial charge in [-0.05, 0) is 30.3 Å². The maximum atomic E-state index is 11.1. The van der Waals surface area contributed by atoms with Crippen LogP contribution in [0, 0.1) is 0 Å². The Morgan fingerprint density at radius 2 is 2.07 bits per heavy atom. The molecule has 0 spiro atoms. The van der Waals surface area contributed by atoms with Crippen molar-refractivity contribution in [3.8, 4) is 11.3 Å². The highest BCUT2D eigenvalue weighted by molar-refractivity contribution is 7.80. The normalized spacial score (nSPS) is 12.3. The van der Waals surface area contributed by atoms with Gasteiger partial charge in [0.05, 0.1) is 22.6 Å². The van der Waals surface area contributed by atoms with Crippen molar-refractivity contribution in [2.24, 2.45) is 0 Å². The summed E-state index contributed by atoms with van der Waals surface area (Å²) >= 11 is 11.5. The second-order valence-electron chi connectivity index (χ2n) is 6.22. The summed E-state index contributed by atoms with van der Waals surface area (Å²) in [6, 6.07) is 9.06. The van der Waals surface area contributed by atoms with Gasteiger partial charge in [0, 0.05) is 41.4 Å². The minimum Gasteiger partial charge on any atom is -0.349 e. The van der Waals surface area contributed by atoms with Crippen LogP contribution in [0.4, 0.5) is 23.1 Å².